The van der Waals surface area contributed by atoms with Crippen LogP contribution in [0.4, 0.5) is 4.39 Å². The molecule has 35 heavy (non-hydrogen) atoms. The van der Waals surface area contributed by atoms with E-state index in [0.29, 0.717) is 16.2 Å². The molecule has 5 rings (SSSR count). The Bertz CT molecular complexity index is 1490. The number of hydrogen-bond acceptors (Lipinski definition) is 6. The van der Waals surface area contributed by atoms with Gasteiger partial charge in [0, 0.05) is 10.4 Å². The highest BCUT2D eigenvalue weighted by atomic mass is 32.2. The van der Waals surface area contributed by atoms with E-state index < -0.39 is 5.82 Å². The number of amides is 1. The van der Waals surface area contributed by atoms with Gasteiger partial charge >= 0.3 is 0 Å². The number of benzene rings is 2. The number of hydrazone groups is 1. The van der Waals surface area contributed by atoms with Gasteiger partial charge in [-0.3, -0.25) is 14.2 Å². The molecule has 0 saturated carbocycles. The SMILES string of the molecule is Cc1ccc(-n2c(SCC(=O)NN=Cc3ccccc3F)nc3sc4c(c3c2=O)CCCC4)cc1. The molecule has 0 bridgehead atoms. The summed E-state index contributed by atoms with van der Waals surface area (Å²) >= 11 is 2.76. The topological polar surface area (TPSA) is 76.3 Å². The van der Waals surface area contributed by atoms with Crippen LogP contribution in [0.15, 0.2) is 63.6 Å². The molecule has 0 unspecified atom stereocenters. The monoisotopic (exact) mass is 506 g/mol. The van der Waals surface area contributed by atoms with Crippen LogP contribution >= 0.6 is 23.1 Å². The third kappa shape index (κ3) is 4.92. The van der Waals surface area contributed by atoms with Crippen molar-refractivity contribution in [2.75, 3.05) is 5.75 Å². The molecule has 0 spiro atoms. The zero-order valence-electron chi connectivity index (χ0n) is 19.1. The molecular formula is C26H23FN4O2S2. The first-order valence-electron chi connectivity index (χ1n) is 11.3. The molecule has 0 saturated heterocycles. The molecule has 0 atom stereocenters. The second kappa shape index (κ2) is 10.1. The van der Waals surface area contributed by atoms with Gasteiger partial charge in [-0.2, -0.15) is 5.10 Å². The van der Waals surface area contributed by atoms with Crippen LogP contribution in [0.25, 0.3) is 15.9 Å². The lowest BCUT2D eigenvalue weighted by molar-refractivity contribution is -0.118. The molecule has 2 aromatic heterocycles. The Balaban J connectivity index is 1.44. The summed E-state index contributed by atoms with van der Waals surface area (Å²) in [5, 5.41) is 5.01. The summed E-state index contributed by atoms with van der Waals surface area (Å²) in [7, 11) is 0. The van der Waals surface area contributed by atoms with Gasteiger partial charge in [-0.1, -0.05) is 47.7 Å². The molecule has 1 aliphatic rings. The highest BCUT2D eigenvalue weighted by Gasteiger charge is 2.23. The molecule has 1 N–H and O–H groups in total. The van der Waals surface area contributed by atoms with Crippen LogP contribution in [0.3, 0.4) is 0 Å². The third-order valence-electron chi connectivity index (χ3n) is 5.88. The van der Waals surface area contributed by atoms with Gasteiger partial charge in [0.15, 0.2) is 5.16 Å². The highest BCUT2D eigenvalue weighted by molar-refractivity contribution is 7.99. The molecule has 2 heterocycles. The van der Waals surface area contributed by atoms with Crippen molar-refractivity contribution in [3.05, 3.63) is 86.3 Å². The van der Waals surface area contributed by atoms with E-state index in [4.69, 9.17) is 4.98 Å². The van der Waals surface area contributed by atoms with Gasteiger partial charge in [-0.05, 0) is 56.4 Å². The fraction of sp³-hybridized carbons (Fsp3) is 0.231. The predicted molar refractivity (Wildman–Crippen MR) is 139 cm³/mol. The number of nitrogens with zero attached hydrogens (tertiary/aromatic N) is 3. The van der Waals surface area contributed by atoms with Crippen LogP contribution in [-0.4, -0.2) is 27.4 Å². The molecule has 0 radical (unpaired) electrons. The number of rotatable bonds is 6. The summed E-state index contributed by atoms with van der Waals surface area (Å²) < 4.78 is 15.3. The van der Waals surface area contributed by atoms with Gasteiger partial charge in [0.1, 0.15) is 10.6 Å². The van der Waals surface area contributed by atoms with Gasteiger partial charge in [-0.15, -0.1) is 11.3 Å². The molecule has 6 nitrogen and oxygen atoms in total. The average molecular weight is 507 g/mol. The van der Waals surface area contributed by atoms with Crippen LogP contribution in [0.2, 0.25) is 0 Å². The summed E-state index contributed by atoms with van der Waals surface area (Å²) in [6.07, 6.45) is 5.34. The van der Waals surface area contributed by atoms with Gasteiger partial charge in [0.25, 0.3) is 11.5 Å². The van der Waals surface area contributed by atoms with Crippen LogP contribution in [-0.2, 0) is 17.6 Å². The number of aromatic nitrogens is 2. The summed E-state index contributed by atoms with van der Waals surface area (Å²) in [5.74, 6) is -0.792. The maximum absolute atomic E-state index is 13.7. The predicted octanol–water partition coefficient (Wildman–Crippen LogP) is 5.02. The van der Waals surface area contributed by atoms with Crippen LogP contribution < -0.4 is 11.0 Å². The van der Waals surface area contributed by atoms with Crippen molar-refractivity contribution in [3.63, 3.8) is 0 Å². The number of fused-ring (bicyclic) bond motifs is 3. The molecule has 1 amide bonds. The van der Waals surface area contributed by atoms with Crippen molar-refractivity contribution in [1.29, 1.82) is 0 Å². The van der Waals surface area contributed by atoms with E-state index in [0.717, 1.165) is 41.6 Å². The Hall–Kier alpha value is -3.30. The number of halogens is 1. The van der Waals surface area contributed by atoms with Crippen molar-refractivity contribution in [3.8, 4) is 5.69 Å². The summed E-state index contributed by atoms with van der Waals surface area (Å²) in [4.78, 5) is 33.0. The maximum atomic E-state index is 13.7. The molecule has 9 heteroatoms. The minimum absolute atomic E-state index is 0.00348. The van der Waals surface area contributed by atoms with Gasteiger partial charge in [0.05, 0.1) is 23.0 Å². The molecule has 2 aromatic carbocycles. The number of thioether (sulfide) groups is 1. The molecule has 178 valence electrons. The molecular weight excluding hydrogens is 483 g/mol. The van der Waals surface area contributed by atoms with Gasteiger partial charge in [0.2, 0.25) is 0 Å². The number of hydrogen-bond donors (Lipinski definition) is 1. The zero-order chi connectivity index (χ0) is 24.4. The molecule has 1 aliphatic carbocycles. The quantitative estimate of drug-likeness (QED) is 0.173. The standard InChI is InChI=1S/C26H23FN4O2S2/c1-16-10-12-18(13-11-16)31-25(33)23-19-7-3-5-9-21(19)35-24(23)29-26(31)34-15-22(32)30-28-14-17-6-2-4-8-20(17)27/h2,4,6,8,10-14H,3,5,7,9,15H2,1H3,(H,30,32). The van der Waals surface area contributed by atoms with Crippen molar-refractivity contribution in [1.82, 2.24) is 15.0 Å². The maximum Gasteiger partial charge on any atom is 0.267 e. The number of carbonyl (C=O) groups is 1. The Morgan fingerprint density at radius 1 is 1.20 bits per heavy atom. The van der Waals surface area contributed by atoms with Gasteiger partial charge in [-0.25, -0.2) is 14.8 Å². The third-order valence-corrected chi connectivity index (χ3v) is 8.01. The molecule has 0 fully saturated rings. The molecule has 4 aromatic rings. The summed E-state index contributed by atoms with van der Waals surface area (Å²) in [5.41, 5.74) is 5.53. The van der Waals surface area contributed by atoms with Crippen molar-refractivity contribution in [2.24, 2.45) is 5.10 Å². The zero-order valence-corrected chi connectivity index (χ0v) is 20.7. The number of thiophene rings is 1. The van der Waals surface area contributed by atoms with Crippen molar-refractivity contribution >= 4 is 45.4 Å². The normalized spacial score (nSPS) is 13.3. The fourth-order valence-electron chi connectivity index (χ4n) is 4.12. The molecule has 0 aliphatic heterocycles. The van der Waals surface area contributed by atoms with E-state index in [1.165, 1.54) is 28.9 Å². The Kier molecular flexibility index (Phi) is 6.79. The number of nitrogens with one attached hydrogen (secondary N) is 1. The van der Waals surface area contributed by atoms with Crippen LogP contribution in [0.5, 0.6) is 0 Å². The minimum atomic E-state index is -0.418. The van der Waals surface area contributed by atoms with Crippen LogP contribution in [0, 0.1) is 12.7 Å². The first-order chi connectivity index (χ1) is 17.0. The van der Waals surface area contributed by atoms with Gasteiger partial charge < -0.3 is 0 Å². The Morgan fingerprint density at radius 3 is 2.77 bits per heavy atom. The van der Waals surface area contributed by atoms with Crippen molar-refractivity contribution < 1.29 is 9.18 Å². The first kappa shape index (κ1) is 23.4. The highest BCUT2D eigenvalue weighted by Crippen LogP contribution is 2.35. The van der Waals surface area contributed by atoms with E-state index >= 15 is 0 Å². The minimum Gasteiger partial charge on any atom is -0.272 e. The lowest BCUT2D eigenvalue weighted by Gasteiger charge is -2.13. The Labute approximate surface area is 209 Å². The lowest BCUT2D eigenvalue weighted by Crippen LogP contribution is -2.24. The first-order valence-corrected chi connectivity index (χ1v) is 13.1. The lowest BCUT2D eigenvalue weighted by atomic mass is 9.97. The van der Waals surface area contributed by atoms with Crippen molar-refractivity contribution in [2.45, 2.75) is 37.8 Å². The smallest absolute Gasteiger partial charge is 0.267 e. The van der Waals surface area contributed by atoms with Crippen LogP contribution in [0.1, 0.15) is 34.4 Å². The second-order valence-corrected chi connectivity index (χ2v) is 10.4. The Morgan fingerprint density at radius 2 is 1.97 bits per heavy atom. The summed E-state index contributed by atoms with van der Waals surface area (Å²) in [6, 6.07) is 13.9. The fourth-order valence-corrected chi connectivity index (χ4v) is 6.23. The van der Waals surface area contributed by atoms with E-state index in [-0.39, 0.29) is 22.8 Å². The number of aryl methyl sites for hydroxylation is 3. The average Bonchev–Trinajstić information content (AvgIpc) is 3.23. The largest absolute Gasteiger partial charge is 0.272 e. The number of carbonyl (C=O) groups excluding carboxylic acids is 1. The van der Waals surface area contributed by atoms with E-state index in [9.17, 15) is 14.0 Å². The van der Waals surface area contributed by atoms with E-state index in [1.54, 1.807) is 34.1 Å². The summed E-state index contributed by atoms with van der Waals surface area (Å²) in [6.45, 7) is 1.99. The second-order valence-electron chi connectivity index (χ2n) is 8.36. The van der Waals surface area contributed by atoms with E-state index in [2.05, 4.69) is 10.5 Å². The van der Waals surface area contributed by atoms with E-state index in [1.807, 2.05) is 31.2 Å².